The molecule has 0 radical (unpaired) electrons. The van der Waals surface area contributed by atoms with Crippen LogP contribution in [-0.4, -0.2) is 16.3 Å². The second kappa shape index (κ2) is 3.86. The van der Waals surface area contributed by atoms with Crippen LogP contribution in [0.15, 0.2) is 41.4 Å². The molecule has 72 valence electrons. The van der Waals surface area contributed by atoms with Crippen LogP contribution in [0.5, 0.6) is 0 Å². The Morgan fingerprint density at radius 3 is 2.79 bits per heavy atom. The lowest BCUT2D eigenvalue weighted by Crippen LogP contribution is -1.96. The molecule has 0 fully saturated rings. The molecule has 0 aliphatic rings. The first-order valence-corrected chi connectivity index (χ1v) is 5.21. The first kappa shape index (κ1) is 9.30. The van der Waals surface area contributed by atoms with Crippen LogP contribution in [0.1, 0.15) is 0 Å². The molecule has 1 aromatic heterocycles. The van der Waals surface area contributed by atoms with E-state index in [0.717, 1.165) is 10.9 Å². The number of aromatic nitrogens is 1. The lowest BCUT2D eigenvalue weighted by Gasteiger charge is -2.00. The van der Waals surface area contributed by atoms with Crippen LogP contribution in [0.3, 0.4) is 0 Å². The van der Waals surface area contributed by atoms with Crippen molar-refractivity contribution in [1.82, 2.24) is 4.98 Å². The summed E-state index contributed by atoms with van der Waals surface area (Å²) in [7, 11) is 1.40. The number of hydrogen-bond donors (Lipinski definition) is 0. The van der Waals surface area contributed by atoms with Gasteiger partial charge in [-0.3, -0.25) is 4.18 Å². The topological polar surface area (TPSA) is 39.2 Å². The van der Waals surface area contributed by atoms with Gasteiger partial charge >= 0.3 is 0 Å². The number of nitrogens with zero attached hydrogens (tertiary/aromatic N) is 1. The van der Waals surface area contributed by atoms with Crippen LogP contribution in [0, 0.1) is 0 Å². The molecule has 0 aliphatic heterocycles. The summed E-state index contributed by atoms with van der Waals surface area (Å²) in [6.45, 7) is 0. The largest absolute Gasteiger partial charge is 0.289 e. The molecule has 0 aliphatic carbocycles. The van der Waals surface area contributed by atoms with Crippen LogP contribution in [0.4, 0.5) is 0 Å². The van der Waals surface area contributed by atoms with Crippen molar-refractivity contribution in [2.75, 3.05) is 7.11 Å². The van der Waals surface area contributed by atoms with E-state index < -0.39 is 11.1 Å². The summed E-state index contributed by atoms with van der Waals surface area (Å²) in [6, 6.07) is 11.3. The number of para-hydroxylation sites is 1. The van der Waals surface area contributed by atoms with Gasteiger partial charge in [-0.15, -0.1) is 0 Å². The summed E-state index contributed by atoms with van der Waals surface area (Å²) in [5, 5.41) is 1.48. The highest BCUT2D eigenvalue weighted by Gasteiger charge is 2.04. The summed E-state index contributed by atoms with van der Waals surface area (Å²) in [5.74, 6) is 0. The molecular formula is C10H9NO2S. The highest BCUT2D eigenvalue weighted by molar-refractivity contribution is 7.80. The van der Waals surface area contributed by atoms with Crippen molar-refractivity contribution in [3.63, 3.8) is 0 Å². The first-order valence-electron chi connectivity index (χ1n) is 4.13. The summed E-state index contributed by atoms with van der Waals surface area (Å²) in [4.78, 5) is 4.22. The van der Waals surface area contributed by atoms with Gasteiger partial charge in [0.25, 0.3) is 0 Å². The van der Waals surface area contributed by atoms with Crippen molar-refractivity contribution in [2.24, 2.45) is 0 Å². The van der Waals surface area contributed by atoms with Gasteiger partial charge in [-0.05, 0) is 18.2 Å². The minimum Gasteiger partial charge on any atom is -0.289 e. The number of hydrogen-bond acceptors (Lipinski definition) is 3. The fourth-order valence-electron chi connectivity index (χ4n) is 1.23. The molecule has 2 rings (SSSR count). The Morgan fingerprint density at radius 2 is 2.00 bits per heavy atom. The van der Waals surface area contributed by atoms with Crippen LogP contribution in [-0.2, 0) is 15.3 Å². The highest BCUT2D eigenvalue weighted by Crippen LogP contribution is 2.13. The Balaban J connectivity index is 2.56. The van der Waals surface area contributed by atoms with Crippen molar-refractivity contribution in [2.45, 2.75) is 5.03 Å². The molecular weight excluding hydrogens is 198 g/mol. The number of benzene rings is 1. The zero-order valence-corrected chi connectivity index (χ0v) is 8.45. The second-order valence-electron chi connectivity index (χ2n) is 2.74. The first-order chi connectivity index (χ1) is 6.81. The summed E-state index contributed by atoms with van der Waals surface area (Å²) in [5.41, 5.74) is 0.829. The van der Waals surface area contributed by atoms with Gasteiger partial charge in [0.15, 0.2) is 5.03 Å². The molecule has 2 aromatic rings. The highest BCUT2D eigenvalue weighted by atomic mass is 32.2. The van der Waals surface area contributed by atoms with Gasteiger partial charge in [-0.2, -0.15) is 0 Å². The molecule has 1 aromatic carbocycles. The van der Waals surface area contributed by atoms with E-state index in [4.69, 9.17) is 4.18 Å². The van der Waals surface area contributed by atoms with Crippen molar-refractivity contribution < 1.29 is 8.39 Å². The standard InChI is InChI=1S/C10H9NO2S/c1-13-14(12)10-7-6-8-4-2-3-5-9(8)11-10/h2-7H,1H3. The minimum absolute atomic E-state index is 0.450. The van der Waals surface area contributed by atoms with E-state index in [1.807, 2.05) is 30.3 Å². The molecule has 1 unspecified atom stereocenters. The predicted octanol–water partition coefficient (Wildman–Crippen LogP) is 1.90. The maximum absolute atomic E-state index is 11.3. The SMILES string of the molecule is COS(=O)c1ccc2ccccc2n1. The van der Waals surface area contributed by atoms with Gasteiger partial charge in [0.2, 0.25) is 11.1 Å². The fraction of sp³-hybridized carbons (Fsp3) is 0.100. The molecule has 3 nitrogen and oxygen atoms in total. The smallest absolute Gasteiger partial charge is 0.208 e. The average molecular weight is 207 g/mol. The molecule has 14 heavy (non-hydrogen) atoms. The Kier molecular flexibility index (Phi) is 2.56. The predicted molar refractivity (Wildman–Crippen MR) is 55.2 cm³/mol. The fourth-order valence-corrected chi connectivity index (χ4v) is 1.75. The molecule has 4 heteroatoms. The third kappa shape index (κ3) is 1.66. The number of pyridine rings is 1. The number of fused-ring (bicyclic) bond motifs is 1. The molecule has 0 N–H and O–H groups in total. The average Bonchev–Trinajstić information content (AvgIpc) is 2.27. The van der Waals surface area contributed by atoms with E-state index in [2.05, 4.69) is 4.98 Å². The lowest BCUT2D eigenvalue weighted by molar-refractivity contribution is 0.444. The maximum atomic E-state index is 11.3. The van der Waals surface area contributed by atoms with E-state index in [9.17, 15) is 4.21 Å². The van der Waals surface area contributed by atoms with Crippen molar-refractivity contribution >= 4 is 22.0 Å². The van der Waals surface area contributed by atoms with Crippen LogP contribution >= 0.6 is 0 Å². The third-order valence-electron chi connectivity index (χ3n) is 1.90. The van der Waals surface area contributed by atoms with Gasteiger partial charge in [0.1, 0.15) is 0 Å². The van der Waals surface area contributed by atoms with Crippen LogP contribution in [0.25, 0.3) is 10.9 Å². The molecule has 0 amide bonds. The van der Waals surface area contributed by atoms with Crippen molar-refractivity contribution in [3.8, 4) is 0 Å². The van der Waals surface area contributed by atoms with Gasteiger partial charge in [-0.25, -0.2) is 9.19 Å². The Morgan fingerprint density at radius 1 is 1.21 bits per heavy atom. The molecule has 1 heterocycles. The lowest BCUT2D eigenvalue weighted by atomic mass is 10.2. The van der Waals surface area contributed by atoms with E-state index in [-0.39, 0.29) is 0 Å². The zero-order chi connectivity index (χ0) is 9.97. The third-order valence-corrected chi connectivity index (χ3v) is 2.77. The second-order valence-corrected chi connectivity index (χ2v) is 3.96. The van der Waals surface area contributed by atoms with Crippen molar-refractivity contribution in [3.05, 3.63) is 36.4 Å². The summed E-state index contributed by atoms with van der Waals surface area (Å²) < 4.78 is 16.0. The molecule has 0 saturated carbocycles. The Bertz CT molecular complexity index is 484. The quantitative estimate of drug-likeness (QED) is 0.755. The summed E-state index contributed by atoms with van der Waals surface area (Å²) in [6.07, 6.45) is 0. The molecule has 0 bridgehead atoms. The van der Waals surface area contributed by atoms with Gasteiger partial charge < -0.3 is 0 Å². The Hall–Kier alpha value is -1.26. The zero-order valence-electron chi connectivity index (χ0n) is 7.64. The van der Waals surface area contributed by atoms with E-state index in [0.29, 0.717) is 5.03 Å². The molecule has 0 spiro atoms. The normalized spacial score (nSPS) is 12.9. The molecule has 1 atom stereocenters. The summed E-state index contributed by atoms with van der Waals surface area (Å²) >= 11 is -1.46. The van der Waals surface area contributed by atoms with Crippen molar-refractivity contribution in [1.29, 1.82) is 0 Å². The van der Waals surface area contributed by atoms with Gasteiger partial charge in [0, 0.05) is 5.39 Å². The van der Waals surface area contributed by atoms with E-state index in [1.54, 1.807) is 6.07 Å². The van der Waals surface area contributed by atoms with E-state index >= 15 is 0 Å². The monoisotopic (exact) mass is 207 g/mol. The Labute approximate surface area is 84.4 Å². The minimum atomic E-state index is -1.46. The number of rotatable bonds is 2. The molecule has 0 saturated heterocycles. The maximum Gasteiger partial charge on any atom is 0.208 e. The van der Waals surface area contributed by atoms with Crippen LogP contribution < -0.4 is 0 Å². The van der Waals surface area contributed by atoms with E-state index in [1.165, 1.54) is 7.11 Å². The van der Waals surface area contributed by atoms with Gasteiger partial charge in [0.05, 0.1) is 12.6 Å². The van der Waals surface area contributed by atoms with Crippen LogP contribution in [0.2, 0.25) is 0 Å². The van der Waals surface area contributed by atoms with Gasteiger partial charge in [-0.1, -0.05) is 18.2 Å².